The summed E-state index contributed by atoms with van der Waals surface area (Å²) in [6.45, 7) is 0. The van der Waals surface area contributed by atoms with Crippen LogP contribution in [0.1, 0.15) is 17.5 Å². The fraction of sp³-hybridized carbons (Fsp3) is 0.176. The van der Waals surface area contributed by atoms with Gasteiger partial charge in [0.05, 0.1) is 4.71 Å². The number of fused-ring (bicyclic) bond motifs is 1. The summed E-state index contributed by atoms with van der Waals surface area (Å²) in [6.07, 6.45) is 1.80. The van der Waals surface area contributed by atoms with E-state index in [0.717, 1.165) is 12.8 Å². The number of alkyl halides is 1. The first kappa shape index (κ1) is 14.2. The van der Waals surface area contributed by atoms with Crippen molar-refractivity contribution in [1.82, 2.24) is 0 Å². The molecule has 0 amide bonds. The lowest BCUT2D eigenvalue weighted by atomic mass is 9.97. The van der Waals surface area contributed by atoms with Crippen LogP contribution in [0.25, 0.3) is 5.57 Å². The minimum absolute atomic E-state index is 0.0822. The molecule has 0 nitrogen and oxygen atoms in total. The highest BCUT2D eigenvalue weighted by Crippen LogP contribution is 2.43. The standard InChI is InChI=1S/C17H14BrClS/c18-15-11-17(19)20-16-9-5-4-8-13(16)14(15)10-12-6-2-1-3-7-12/h1-9,17H,10-11H2. The molecule has 0 spiro atoms. The molecule has 1 unspecified atom stereocenters. The number of rotatable bonds is 2. The molecule has 1 heterocycles. The van der Waals surface area contributed by atoms with E-state index in [-0.39, 0.29) is 4.71 Å². The number of thioether (sulfide) groups is 1. The number of hydrogen-bond acceptors (Lipinski definition) is 1. The van der Waals surface area contributed by atoms with E-state index in [1.54, 1.807) is 11.8 Å². The maximum absolute atomic E-state index is 6.41. The van der Waals surface area contributed by atoms with Crippen LogP contribution >= 0.6 is 39.3 Å². The van der Waals surface area contributed by atoms with Crippen molar-refractivity contribution in [3.8, 4) is 0 Å². The minimum atomic E-state index is 0.0822. The molecular formula is C17H14BrClS. The van der Waals surface area contributed by atoms with Crippen LogP contribution in [0.15, 0.2) is 64.0 Å². The van der Waals surface area contributed by atoms with E-state index in [1.165, 1.54) is 26.1 Å². The van der Waals surface area contributed by atoms with E-state index < -0.39 is 0 Å². The van der Waals surface area contributed by atoms with Crippen molar-refractivity contribution in [3.63, 3.8) is 0 Å². The van der Waals surface area contributed by atoms with Crippen LogP contribution in [-0.4, -0.2) is 4.71 Å². The Morgan fingerprint density at radius 3 is 2.55 bits per heavy atom. The first-order chi connectivity index (χ1) is 9.74. The Hall–Kier alpha value is -0.700. The summed E-state index contributed by atoms with van der Waals surface area (Å²) in [5, 5.41) is 0. The number of benzene rings is 2. The van der Waals surface area contributed by atoms with Gasteiger partial charge in [-0.1, -0.05) is 64.5 Å². The highest BCUT2D eigenvalue weighted by atomic mass is 79.9. The first-order valence-corrected chi connectivity index (χ1v) is 8.66. The van der Waals surface area contributed by atoms with Crippen molar-refractivity contribution < 1.29 is 0 Å². The first-order valence-electron chi connectivity index (χ1n) is 6.55. The zero-order valence-electron chi connectivity index (χ0n) is 10.9. The molecule has 0 saturated carbocycles. The van der Waals surface area contributed by atoms with Gasteiger partial charge in [-0.25, -0.2) is 0 Å². The van der Waals surface area contributed by atoms with Crippen molar-refractivity contribution in [2.24, 2.45) is 0 Å². The van der Waals surface area contributed by atoms with Crippen LogP contribution in [0, 0.1) is 0 Å². The van der Waals surface area contributed by atoms with Gasteiger partial charge in [-0.2, -0.15) is 0 Å². The molecule has 20 heavy (non-hydrogen) atoms. The molecule has 0 bridgehead atoms. The lowest BCUT2D eigenvalue weighted by molar-refractivity contribution is 1.14. The van der Waals surface area contributed by atoms with Crippen LogP contribution in [0.4, 0.5) is 0 Å². The average Bonchev–Trinajstić information content (AvgIpc) is 2.57. The monoisotopic (exact) mass is 364 g/mol. The second-order valence-corrected chi connectivity index (χ2v) is 7.76. The number of hydrogen-bond donors (Lipinski definition) is 0. The molecule has 0 aliphatic carbocycles. The summed E-state index contributed by atoms with van der Waals surface area (Å²) >= 11 is 11.9. The maximum atomic E-state index is 6.41. The van der Waals surface area contributed by atoms with Crippen molar-refractivity contribution in [2.75, 3.05) is 0 Å². The van der Waals surface area contributed by atoms with E-state index in [4.69, 9.17) is 11.6 Å². The van der Waals surface area contributed by atoms with Gasteiger partial charge in [-0.15, -0.1) is 23.4 Å². The third-order valence-electron chi connectivity index (χ3n) is 3.36. The molecule has 1 aliphatic rings. The smallest absolute Gasteiger partial charge is 0.0881 e. The Balaban J connectivity index is 2.04. The van der Waals surface area contributed by atoms with Crippen molar-refractivity contribution >= 4 is 44.9 Å². The predicted molar refractivity (Wildman–Crippen MR) is 92.6 cm³/mol. The minimum Gasteiger partial charge on any atom is -0.110 e. The third-order valence-corrected chi connectivity index (χ3v) is 5.61. The van der Waals surface area contributed by atoms with Gasteiger partial charge in [0, 0.05) is 15.8 Å². The van der Waals surface area contributed by atoms with Crippen LogP contribution in [0.3, 0.4) is 0 Å². The fourth-order valence-electron chi connectivity index (χ4n) is 2.40. The maximum Gasteiger partial charge on any atom is 0.0881 e. The largest absolute Gasteiger partial charge is 0.110 e. The predicted octanol–water partition coefficient (Wildman–Crippen LogP) is 6.10. The summed E-state index contributed by atoms with van der Waals surface area (Å²) in [5.41, 5.74) is 3.98. The Morgan fingerprint density at radius 2 is 1.75 bits per heavy atom. The van der Waals surface area contributed by atoms with Gasteiger partial charge < -0.3 is 0 Å². The van der Waals surface area contributed by atoms with E-state index in [1.807, 2.05) is 0 Å². The van der Waals surface area contributed by atoms with E-state index in [9.17, 15) is 0 Å². The van der Waals surface area contributed by atoms with Gasteiger partial charge >= 0.3 is 0 Å². The van der Waals surface area contributed by atoms with Gasteiger partial charge in [-0.05, 0) is 29.2 Å². The Bertz CT molecular complexity index is 636. The van der Waals surface area contributed by atoms with Crippen molar-refractivity contribution in [3.05, 3.63) is 70.2 Å². The molecule has 0 saturated heterocycles. The molecule has 3 rings (SSSR count). The number of allylic oxidation sites excluding steroid dienone is 2. The van der Waals surface area contributed by atoms with Gasteiger partial charge in [0.1, 0.15) is 0 Å². The molecule has 0 aromatic heterocycles. The summed E-state index contributed by atoms with van der Waals surface area (Å²) in [6, 6.07) is 19.1. The highest BCUT2D eigenvalue weighted by molar-refractivity contribution is 9.11. The van der Waals surface area contributed by atoms with Crippen LogP contribution in [0.5, 0.6) is 0 Å². The van der Waals surface area contributed by atoms with Crippen LogP contribution in [0.2, 0.25) is 0 Å². The van der Waals surface area contributed by atoms with Crippen LogP contribution in [-0.2, 0) is 6.42 Å². The summed E-state index contributed by atoms with van der Waals surface area (Å²) in [4.78, 5) is 1.27. The normalized spacial score (nSPS) is 18.6. The van der Waals surface area contributed by atoms with Crippen molar-refractivity contribution in [2.45, 2.75) is 22.4 Å². The lowest BCUT2D eigenvalue weighted by Gasteiger charge is -2.12. The molecule has 0 fully saturated rings. The Labute approximate surface area is 137 Å². The van der Waals surface area contributed by atoms with Gasteiger partial charge in [0.2, 0.25) is 0 Å². The summed E-state index contributed by atoms with van der Waals surface area (Å²) in [7, 11) is 0. The average molecular weight is 366 g/mol. The summed E-state index contributed by atoms with van der Waals surface area (Å²) < 4.78 is 1.30. The lowest BCUT2D eigenvalue weighted by Crippen LogP contribution is -1.94. The Morgan fingerprint density at radius 1 is 1.05 bits per heavy atom. The molecule has 0 N–H and O–H groups in total. The zero-order valence-corrected chi connectivity index (χ0v) is 14.0. The molecule has 1 atom stereocenters. The molecule has 102 valence electrons. The topological polar surface area (TPSA) is 0 Å². The quantitative estimate of drug-likeness (QED) is 0.580. The fourth-order valence-corrected chi connectivity index (χ4v) is 4.92. The van der Waals surface area contributed by atoms with Gasteiger partial charge in [-0.3, -0.25) is 0 Å². The van der Waals surface area contributed by atoms with E-state index >= 15 is 0 Å². The zero-order chi connectivity index (χ0) is 13.9. The van der Waals surface area contributed by atoms with Crippen LogP contribution < -0.4 is 0 Å². The van der Waals surface area contributed by atoms with Crippen molar-refractivity contribution in [1.29, 1.82) is 0 Å². The second-order valence-electron chi connectivity index (χ2n) is 4.77. The molecule has 2 aromatic rings. The summed E-state index contributed by atoms with van der Waals surface area (Å²) in [5.74, 6) is 0. The molecule has 0 radical (unpaired) electrons. The van der Waals surface area contributed by atoms with E-state index in [0.29, 0.717) is 0 Å². The van der Waals surface area contributed by atoms with Gasteiger partial charge in [0.25, 0.3) is 0 Å². The number of halogens is 2. The molecular weight excluding hydrogens is 352 g/mol. The molecule has 1 aliphatic heterocycles. The van der Waals surface area contributed by atoms with E-state index in [2.05, 4.69) is 70.5 Å². The second kappa shape index (κ2) is 6.38. The highest BCUT2D eigenvalue weighted by Gasteiger charge is 2.21. The third kappa shape index (κ3) is 3.13. The van der Waals surface area contributed by atoms with Gasteiger partial charge in [0.15, 0.2) is 0 Å². The Kier molecular flexibility index (Phi) is 4.54. The molecule has 3 heteroatoms. The molecule has 2 aromatic carbocycles. The SMILES string of the molecule is ClC1CC(Br)=C(Cc2ccccc2)c2ccccc2S1.